The van der Waals surface area contributed by atoms with Gasteiger partial charge in [-0.05, 0) is 12.8 Å². The number of rotatable bonds is 5. The molecule has 1 aromatic rings. The summed E-state index contributed by atoms with van der Waals surface area (Å²) < 4.78 is 0. The van der Waals surface area contributed by atoms with Crippen molar-refractivity contribution in [3.8, 4) is 0 Å². The molecule has 0 amide bonds. The van der Waals surface area contributed by atoms with Gasteiger partial charge in [0.2, 0.25) is 5.95 Å². The molecular weight excluding hydrogens is 172 g/mol. The molecule has 0 spiro atoms. The summed E-state index contributed by atoms with van der Waals surface area (Å²) in [4.78, 5) is 14.0. The maximum Gasteiger partial charge on any atom is 0.303 e. The van der Waals surface area contributed by atoms with Crippen LogP contribution >= 0.6 is 0 Å². The van der Waals surface area contributed by atoms with E-state index in [2.05, 4.69) is 15.2 Å². The van der Waals surface area contributed by atoms with Crippen molar-refractivity contribution >= 4 is 11.9 Å². The second-order valence-corrected chi connectivity index (χ2v) is 2.74. The molecule has 1 aromatic heterocycles. The van der Waals surface area contributed by atoms with E-state index < -0.39 is 5.97 Å². The lowest BCUT2D eigenvalue weighted by atomic mass is 10.2. The minimum Gasteiger partial charge on any atom is -0.481 e. The molecule has 4 N–H and O–H groups in total. The van der Waals surface area contributed by atoms with E-state index in [0.717, 1.165) is 6.42 Å². The second-order valence-electron chi connectivity index (χ2n) is 2.74. The number of nitrogen functional groups attached to an aromatic ring is 1. The second kappa shape index (κ2) is 4.44. The summed E-state index contributed by atoms with van der Waals surface area (Å²) in [5.74, 6) is 0.174. The molecule has 0 atom stereocenters. The number of unbranched alkanes of at least 4 members (excludes halogenated alkanes) is 1. The first-order chi connectivity index (χ1) is 6.18. The highest BCUT2D eigenvalue weighted by atomic mass is 16.4. The SMILES string of the molecule is Nc1n[nH]c(CCCCC(=O)O)n1. The van der Waals surface area contributed by atoms with Gasteiger partial charge in [-0.1, -0.05) is 0 Å². The Labute approximate surface area is 75.2 Å². The quantitative estimate of drug-likeness (QED) is 0.566. The Balaban J connectivity index is 2.16. The Kier molecular flexibility index (Phi) is 3.24. The van der Waals surface area contributed by atoms with Gasteiger partial charge < -0.3 is 10.8 Å². The number of aliphatic carboxylic acids is 1. The first-order valence-electron chi connectivity index (χ1n) is 4.07. The van der Waals surface area contributed by atoms with Gasteiger partial charge in [0.05, 0.1) is 0 Å². The summed E-state index contributed by atoms with van der Waals surface area (Å²) in [6, 6.07) is 0. The molecule has 0 saturated heterocycles. The average molecular weight is 184 g/mol. The number of carbonyl (C=O) groups is 1. The topological polar surface area (TPSA) is 105 Å². The molecule has 0 aliphatic carbocycles. The monoisotopic (exact) mass is 184 g/mol. The smallest absolute Gasteiger partial charge is 0.303 e. The van der Waals surface area contributed by atoms with Crippen LogP contribution < -0.4 is 5.73 Å². The number of hydrogen-bond donors (Lipinski definition) is 3. The number of aromatic nitrogens is 3. The van der Waals surface area contributed by atoms with Crippen molar-refractivity contribution in [1.29, 1.82) is 0 Å². The number of hydrogen-bond acceptors (Lipinski definition) is 4. The average Bonchev–Trinajstić information content (AvgIpc) is 2.45. The minimum absolute atomic E-state index is 0.198. The first kappa shape index (κ1) is 9.50. The molecule has 0 saturated carbocycles. The molecule has 0 aromatic carbocycles. The summed E-state index contributed by atoms with van der Waals surface area (Å²) >= 11 is 0. The predicted molar refractivity (Wildman–Crippen MR) is 46.0 cm³/mol. The van der Waals surface area contributed by atoms with E-state index in [9.17, 15) is 4.79 Å². The van der Waals surface area contributed by atoms with Crippen molar-refractivity contribution in [3.05, 3.63) is 5.82 Å². The van der Waals surface area contributed by atoms with Gasteiger partial charge in [0.15, 0.2) is 0 Å². The van der Waals surface area contributed by atoms with Crippen LogP contribution in [0.1, 0.15) is 25.1 Å². The molecule has 0 unspecified atom stereocenters. The van der Waals surface area contributed by atoms with Crippen molar-refractivity contribution in [3.63, 3.8) is 0 Å². The fraction of sp³-hybridized carbons (Fsp3) is 0.571. The minimum atomic E-state index is -0.767. The summed E-state index contributed by atoms with van der Waals surface area (Å²) in [6.07, 6.45) is 2.32. The third-order valence-corrected chi connectivity index (χ3v) is 1.60. The Morgan fingerprint density at radius 2 is 2.31 bits per heavy atom. The van der Waals surface area contributed by atoms with Gasteiger partial charge in [-0.3, -0.25) is 9.89 Å². The van der Waals surface area contributed by atoms with Gasteiger partial charge >= 0.3 is 5.97 Å². The van der Waals surface area contributed by atoms with Crippen molar-refractivity contribution in [2.75, 3.05) is 5.73 Å². The Morgan fingerprint density at radius 3 is 2.85 bits per heavy atom. The molecule has 0 fully saturated rings. The zero-order valence-corrected chi connectivity index (χ0v) is 7.16. The maximum atomic E-state index is 10.2. The zero-order chi connectivity index (χ0) is 9.68. The molecule has 0 radical (unpaired) electrons. The fourth-order valence-electron chi connectivity index (χ4n) is 0.991. The van der Waals surface area contributed by atoms with Crippen LogP contribution in [0.5, 0.6) is 0 Å². The molecule has 13 heavy (non-hydrogen) atoms. The molecule has 0 bridgehead atoms. The summed E-state index contributed by atoms with van der Waals surface area (Å²) in [6.45, 7) is 0. The molecular formula is C7H12N4O2. The molecule has 0 aliphatic heterocycles. The normalized spacial score (nSPS) is 10.2. The van der Waals surface area contributed by atoms with Gasteiger partial charge in [-0.25, -0.2) is 0 Å². The summed E-state index contributed by atoms with van der Waals surface area (Å²) in [5.41, 5.74) is 5.28. The Bertz CT molecular complexity index is 284. The Hall–Kier alpha value is -1.59. The van der Waals surface area contributed by atoms with Gasteiger partial charge in [-0.15, -0.1) is 5.10 Å². The van der Waals surface area contributed by atoms with E-state index in [1.165, 1.54) is 0 Å². The lowest BCUT2D eigenvalue weighted by molar-refractivity contribution is -0.137. The number of anilines is 1. The fourth-order valence-corrected chi connectivity index (χ4v) is 0.991. The van der Waals surface area contributed by atoms with E-state index in [-0.39, 0.29) is 12.4 Å². The van der Waals surface area contributed by atoms with Crippen LogP contribution in [0.15, 0.2) is 0 Å². The largest absolute Gasteiger partial charge is 0.481 e. The van der Waals surface area contributed by atoms with E-state index in [0.29, 0.717) is 18.7 Å². The van der Waals surface area contributed by atoms with Gasteiger partial charge in [0.1, 0.15) is 5.82 Å². The number of carboxylic acids is 1. The van der Waals surface area contributed by atoms with Crippen LogP contribution in [0, 0.1) is 0 Å². The van der Waals surface area contributed by atoms with Crippen LogP contribution in [-0.4, -0.2) is 26.3 Å². The number of H-pyrrole nitrogens is 1. The highest BCUT2D eigenvalue weighted by molar-refractivity contribution is 5.66. The number of nitrogens with one attached hydrogen (secondary N) is 1. The van der Waals surface area contributed by atoms with Crippen LogP contribution in [0.3, 0.4) is 0 Å². The van der Waals surface area contributed by atoms with E-state index >= 15 is 0 Å². The van der Waals surface area contributed by atoms with Gasteiger partial charge in [0.25, 0.3) is 0 Å². The lowest BCUT2D eigenvalue weighted by Crippen LogP contribution is -1.95. The lowest BCUT2D eigenvalue weighted by Gasteiger charge is -1.94. The molecule has 6 heteroatoms. The summed E-state index contributed by atoms with van der Waals surface area (Å²) in [5, 5.41) is 14.7. The third-order valence-electron chi connectivity index (χ3n) is 1.60. The van der Waals surface area contributed by atoms with Gasteiger partial charge in [0, 0.05) is 12.8 Å². The molecule has 0 aliphatic rings. The number of carboxylic acid groups (broad SMARTS) is 1. The van der Waals surface area contributed by atoms with Crippen molar-refractivity contribution in [2.24, 2.45) is 0 Å². The van der Waals surface area contributed by atoms with E-state index in [1.54, 1.807) is 0 Å². The number of aryl methyl sites for hydroxylation is 1. The standard InChI is InChI=1S/C7H12N4O2/c8-7-9-5(10-11-7)3-1-2-4-6(12)13/h1-4H2,(H,12,13)(H3,8,9,10,11). The van der Waals surface area contributed by atoms with E-state index in [1.807, 2.05) is 0 Å². The Morgan fingerprint density at radius 1 is 1.54 bits per heavy atom. The maximum absolute atomic E-state index is 10.2. The van der Waals surface area contributed by atoms with Crippen LogP contribution in [0.25, 0.3) is 0 Å². The van der Waals surface area contributed by atoms with Crippen LogP contribution in [0.4, 0.5) is 5.95 Å². The van der Waals surface area contributed by atoms with Crippen molar-refractivity contribution < 1.29 is 9.90 Å². The molecule has 1 heterocycles. The van der Waals surface area contributed by atoms with Crippen molar-refractivity contribution in [2.45, 2.75) is 25.7 Å². The summed E-state index contributed by atoms with van der Waals surface area (Å²) in [7, 11) is 0. The number of aromatic amines is 1. The third kappa shape index (κ3) is 3.55. The highest BCUT2D eigenvalue weighted by Crippen LogP contribution is 2.02. The van der Waals surface area contributed by atoms with Gasteiger partial charge in [-0.2, -0.15) is 4.98 Å². The molecule has 72 valence electrons. The van der Waals surface area contributed by atoms with Crippen LogP contribution in [-0.2, 0) is 11.2 Å². The highest BCUT2D eigenvalue weighted by Gasteiger charge is 2.00. The number of nitrogens with zero attached hydrogens (tertiary/aromatic N) is 2. The van der Waals surface area contributed by atoms with Crippen molar-refractivity contribution in [1.82, 2.24) is 15.2 Å². The molecule has 1 rings (SSSR count). The number of nitrogens with two attached hydrogens (primary N) is 1. The van der Waals surface area contributed by atoms with Crippen LogP contribution in [0.2, 0.25) is 0 Å². The van der Waals surface area contributed by atoms with E-state index in [4.69, 9.17) is 10.8 Å². The molecule has 6 nitrogen and oxygen atoms in total. The first-order valence-corrected chi connectivity index (χ1v) is 4.07. The zero-order valence-electron chi connectivity index (χ0n) is 7.16. The predicted octanol–water partition coefficient (Wildman–Crippen LogP) is 0.184.